The van der Waals surface area contributed by atoms with E-state index < -0.39 is 12.1 Å². The molecule has 1 N–H and O–H groups in total. The minimum atomic E-state index is -0.534. The molecule has 1 rings (SSSR count). The Morgan fingerprint density at radius 3 is 2.38 bits per heavy atom. The Labute approximate surface area is 127 Å². The molecule has 2 atom stereocenters. The Morgan fingerprint density at radius 2 is 1.86 bits per heavy atom. The lowest BCUT2D eigenvalue weighted by atomic mass is 9.98. The molecule has 0 saturated carbocycles. The second-order valence-electron chi connectivity index (χ2n) is 5.94. The number of carbonyl (C=O) groups excluding carboxylic acids is 2. The molecule has 1 saturated heterocycles. The zero-order valence-corrected chi connectivity index (χ0v) is 13.6. The van der Waals surface area contributed by atoms with Gasteiger partial charge in [-0.2, -0.15) is 0 Å². The van der Waals surface area contributed by atoms with E-state index in [0.717, 1.165) is 6.42 Å². The molecule has 1 aliphatic rings. The summed E-state index contributed by atoms with van der Waals surface area (Å²) in [6.07, 6.45) is 0.293. The topological polar surface area (TPSA) is 67.9 Å². The van der Waals surface area contributed by atoms with Crippen LogP contribution >= 0.6 is 0 Å². The normalized spacial score (nSPS) is 18.2. The van der Waals surface area contributed by atoms with Gasteiger partial charge in [0.25, 0.3) is 0 Å². The van der Waals surface area contributed by atoms with E-state index >= 15 is 0 Å². The minimum absolute atomic E-state index is 0.0471. The number of nitrogens with one attached hydrogen (secondary N) is 1. The Balaban J connectivity index is 2.61. The van der Waals surface area contributed by atoms with Crippen LogP contribution in [0.1, 0.15) is 34.1 Å². The summed E-state index contributed by atoms with van der Waals surface area (Å²) in [5.41, 5.74) is 0. The van der Waals surface area contributed by atoms with Crippen molar-refractivity contribution < 1.29 is 19.1 Å². The molecule has 0 unspecified atom stereocenters. The van der Waals surface area contributed by atoms with E-state index in [2.05, 4.69) is 5.32 Å². The first-order valence-electron chi connectivity index (χ1n) is 7.75. The number of nitrogens with zero attached hydrogens (tertiary/aromatic N) is 1. The molecule has 0 radical (unpaired) electrons. The van der Waals surface area contributed by atoms with E-state index in [1.165, 1.54) is 0 Å². The lowest BCUT2D eigenvalue weighted by molar-refractivity contribution is -0.138. The fraction of sp³-hybridized carbons (Fsp3) is 0.867. The average molecular weight is 300 g/mol. The number of carbonyl (C=O) groups is 2. The number of hydrogen-bond donors (Lipinski definition) is 1. The zero-order valence-electron chi connectivity index (χ0n) is 13.6. The van der Waals surface area contributed by atoms with E-state index in [4.69, 9.17) is 9.47 Å². The van der Waals surface area contributed by atoms with Gasteiger partial charge in [0.05, 0.1) is 19.8 Å². The fourth-order valence-electron chi connectivity index (χ4n) is 2.07. The average Bonchev–Trinajstić information content (AvgIpc) is 2.50. The number of ether oxygens (including phenoxy) is 2. The van der Waals surface area contributed by atoms with Crippen LogP contribution in [0.2, 0.25) is 0 Å². The molecule has 6 nitrogen and oxygen atoms in total. The summed E-state index contributed by atoms with van der Waals surface area (Å²) in [6.45, 7) is 10.5. The van der Waals surface area contributed by atoms with Gasteiger partial charge in [-0.15, -0.1) is 0 Å². The second kappa shape index (κ2) is 8.87. The monoisotopic (exact) mass is 300 g/mol. The van der Waals surface area contributed by atoms with Crippen molar-refractivity contribution in [2.75, 3.05) is 32.9 Å². The minimum Gasteiger partial charge on any atom is -0.449 e. The highest BCUT2D eigenvalue weighted by Crippen LogP contribution is 2.12. The number of morpholine rings is 1. The van der Waals surface area contributed by atoms with Gasteiger partial charge in [0.1, 0.15) is 6.04 Å². The highest BCUT2D eigenvalue weighted by Gasteiger charge is 2.31. The molecule has 6 heteroatoms. The van der Waals surface area contributed by atoms with Crippen molar-refractivity contribution in [2.24, 2.45) is 11.8 Å². The van der Waals surface area contributed by atoms with Crippen LogP contribution in [0, 0.1) is 11.8 Å². The maximum absolute atomic E-state index is 12.6. The summed E-state index contributed by atoms with van der Waals surface area (Å²) in [4.78, 5) is 26.2. The summed E-state index contributed by atoms with van der Waals surface area (Å²) in [6, 6.07) is -0.534. The molecule has 0 spiro atoms. The second-order valence-corrected chi connectivity index (χ2v) is 5.94. The molecule has 2 amide bonds. The summed E-state index contributed by atoms with van der Waals surface area (Å²) < 4.78 is 10.4. The molecular weight excluding hydrogens is 272 g/mol. The Bertz CT molecular complexity index is 341. The van der Waals surface area contributed by atoms with Crippen molar-refractivity contribution in [2.45, 2.75) is 40.2 Å². The molecule has 1 fully saturated rings. The van der Waals surface area contributed by atoms with Gasteiger partial charge in [-0.05, 0) is 11.8 Å². The Kier molecular flexibility index (Phi) is 7.50. The highest BCUT2D eigenvalue weighted by atomic mass is 16.5. The lowest BCUT2D eigenvalue weighted by Crippen LogP contribution is -2.54. The van der Waals surface area contributed by atoms with Crippen molar-refractivity contribution in [3.8, 4) is 0 Å². The molecule has 0 aromatic rings. The molecule has 1 aliphatic heterocycles. The van der Waals surface area contributed by atoms with E-state index in [1.54, 1.807) is 4.90 Å². The number of alkyl carbamates (subject to hydrolysis) is 1. The molecule has 122 valence electrons. The van der Waals surface area contributed by atoms with Gasteiger partial charge in [0, 0.05) is 13.1 Å². The van der Waals surface area contributed by atoms with Gasteiger partial charge < -0.3 is 19.7 Å². The SMILES string of the molecule is CC[C@H](C)[C@H](NC(=O)OCC(C)C)C(=O)N1CCOCC1. The number of rotatable bonds is 6. The quantitative estimate of drug-likeness (QED) is 0.810. The Hall–Kier alpha value is -1.30. The van der Waals surface area contributed by atoms with Crippen LogP contribution in [0.4, 0.5) is 4.79 Å². The van der Waals surface area contributed by atoms with Gasteiger partial charge in [0.2, 0.25) is 5.91 Å². The fourth-order valence-corrected chi connectivity index (χ4v) is 2.07. The maximum atomic E-state index is 12.6. The van der Waals surface area contributed by atoms with Crippen molar-refractivity contribution in [3.05, 3.63) is 0 Å². The highest BCUT2D eigenvalue weighted by molar-refractivity contribution is 5.86. The molecule has 0 aromatic carbocycles. The van der Waals surface area contributed by atoms with Crippen LogP contribution in [0.5, 0.6) is 0 Å². The van der Waals surface area contributed by atoms with E-state index in [-0.39, 0.29) is 17.7 Å². The smallest absolute Gasteiger partial charge is 0.407 e. The van der Waals surface area contributed by atoms with Crippen LogP contribution in [0.3, 0.4) is 0 Å². The molecule has 0 aromatic heterocycles. The number of amides is 2. The molecule has 1 heterocycles. The largest absolute Gasteiger partial charge is 0.449 e. The summed E-state index contributed by atoms with van der Waals surface area (Å²) in [5.74, 6) is 0.286. The predicted octanol–water partition coefficient (Wildman–Crippen LogP) is 1.64. The third-order valence-corrected chi connectivity index (χ3v) is 3.62. The standard InChI is InChI=1S/C15H28N2O4/c1-5-12(4)13(16-15(19)21-10-11(2)3)14(18)17-6-8-20-9-7-17/h11-13H,5-10H2,1-4H3,(H,16,19)/t12-,13-/m0/s1. The van der Waals surface area contributed by atoms with Gasteiger partial charge in [-0.25, -0.2) is 4.79 Å². The van der Waals surface area contributed by atoms with Crippen molar-refractivity contribution >= 4 is 12.0 Å². The van der Waals surface area contributed by atoms with Crippen molar-refractivity contribution in [1.82, 2.24) is 10.2 Å². The van der Waals surface area contributed by atoms with Gasteiger partial charge in [-0.1, -0.05) is 34.1 Å². The Morgan fingerprint density at radius 1 is 1.24 bits per heavy atom. The zero-order chi connectivity index (χ0) is 15.8. The van der Waals surface area contributed by atoms with Crippen LogP contribution in [0.25, 0.3) is 0 Å². The van der Waals surface area contributed by atoms with Crippen LogP contribution in [-0.4, -0.2) is 55.9 Å². The number of hydrogen-bond acceptors (Lipinski definition) is 4. The third-order valence-electron chi connectivity index (χ3n) is 3.62. The molecule has 0 aliphatic carbocycles. The molecular formula is C15H28N2O4. The van der Waals surface area contributed by atoms with E-state index in [1.807, 2.05) is 27.7 Å². The molecule has 0 bridgehead atoms. The van der Waals surface area contributed by atoms with Crippen LogP contribution < -0.4 is 5.32 Å². The summed E-state index contributed by atoms with van der Waals surface area (Å²) in [7, 11) is 0. The lowest BCUT2D eigenvalue weighted by Gasteiger charge is -2.32. The van der Waals surface area contributed by atoms with Gasteiger partial charge >= 0.3 is 6.09 Å². The summed E-state index contributed by atoms with van der Waals surface area (Å²) in [5, 5.41) is 2.73. The first kappa shape index (κ1) is 17.8. The first-order valence-corrected chi connectivity index (χ1v) is 7.75. The van der Waals surface area contributed by atoms with Crippen LogP contribution in [-0.2, 0) is 14.3 Å². The maximum Gasteiger partial charge on any atom is 0.407 e. The predicted molar refractivity (Wildman–Crippen MR) is 80.0 cm³/mol. The van der Waals surface area contributed by atoms with E-state index in [0.29, 0.717) is 32.9 Å². The summed E-state index contributed by atoms with van der Waals surface area (Å²) >= 11 is 0. The van der Waals surface area contributed by atoms with E-state index in [9.17, 15) is 9.59 Å². The van der Waals surface area contributed by atoms with Crippen LogP contribution in [0.15, 0.2) is 0 Å². The third kappa shape index (κ3) is 5.91. The van der Waals surface area contributed by atoms with Crippen molar-refractivity contribution in [1.29, 1.82) is 0 Å². The van der Waals surface area contributed by atoms with Gasteiger partial charge in [-0.3, -0.25) is 4.79 Å². The molecule has 21 heavy (non-hydrogen) atoms. The van der Waals surface area contributed by atoms with Gasteiger partial charge in [0.15, 0.2) is 0 Å². The first-order chi connectivity index (χ1) is 9.95. The van der Waals surface area contributed by atoms with Crippen molar-refractivity contribution in [3.63, 3.8) is 0 Å².